The molecule has 1 heterocycles. The van der Waals surface area contributed by atoms with E-state index in [0.717, 1.165) is 15.9 Å². The SMILES string of the molecule is COc1ccc(Br)c(Nc2ccc(N)nn2)c1. The summed E-state index contributed by atoms with van der Waals surface area (Å²) in [6.07, 6.45) is 0. The molecule has 0 bridgehead atoms. The average Bonchev–Trinajstić information content (AvgIpc) is 2.35. The molecule has 2 aromatic rings. The van der Waals surface area contributed by atoms with Gasteiger partial charge in [-0.25, -0.2) is 0 Å². The number of hydrogen-bond donors (Lipinski definition) is 2. The van der Waals surface area contributed by atoms with Gasteiger partial charge >= 0.3 is 0 Å². The summed E-state index contributed by atoms with van der Waals surface area (Å²) in [7, 11) is 1.62. The van der Waals surface area contributed by atoms with Crippen molar-refractivity contribution in [3.8, 4) is 5.75 Å². The zero-order valence-electron chi connectivity index (χ0n) is 9.14. The van der Waals surface area contributed by atoms with Crippen LogP contribution in [0, 0.1) is 0 Å². The Morgan fingerprint density at radius 3 is 2.71 bits per heavy atom. The number of rotatable bonds is 3. The first-order chi connectivity index (χ1) is 8.19. The van der Waals surface area contributed by atoms with E-state index in [0.29, 0.717) is 11.6 Å². The molecule has 0 aliphatic carbocycles. The highest BCUT2D eigenvalue weighted by atomic mass is 79.9. The molecule has 0 amide bonds. The normalized spacial score (nSPS) is 10.0. The van der Waals surface area contributed by atoms with E-state index in [1.807, 2.05) is 18.2 Å². The van der Waals surface area contributed by atoms with Crippen molar-refractivity contribution in [3.05, 3.63) is 34.8 Å². The van der Waals surface area contributed by atoms with E-state index < -0.39 is 0 Å². The van der Waals surface area contributed by atoms with E-state index in [1.54, 1.807) is 19.2 Å². The van der Waals surface area contributed by atoms with Crippen LogP contribution < -0.4 is 15.8 Å². The number of methoxy groups -OCH3 is 1. The van der Waals surface area contributed by atoms with Gasteiger partial charge in [0, 0.05) is 10.5 Å². The Morgan fingerprint density at radius 1 is 1.24 bits per heavy atom. The molecule has 0 atom stereocenters. The summed E-state index contributed by atoms with van der Waals surface area (Å²) in [5, 5.41) is 10.8. The van der Waals surface area contributed by atoms with Gasteiger partial charge in [0.05, 0.1) is 12.8 Å². The molecule has 0 unspecified atom stereocenters. The Bertz CT molecular complexity index is 515. The van der Waals surface area contributed by atoms with E-state index >= 15 is 0 Å². The van der Waals surface area contributed by atoms with Crippen LogP contribution in [0.25, 0.3) is 0 Å². The zero-order chi connectivity index (χ0) is 12.3. The highest BCUT2D eigenvalue weighted by Gasteiger charge is 2.03. The molecule has 5 nitrogen and oxygen atoms in total. The second-order valence-electron chi connectivity index (χ2n) is 3.31. The summed E-state index contributed by atoms with van der Waals surface area (Å²) < 4.78 is 6.06. The van der Waals surface area contributed by atoms with E-state index in [9.17, 15) is 0 Å². The van der Waals surface area contributed by atoms with Crippen molar-refractivity contribution in [2.24, 2.45) is 0 Å². The molecular weight excluding hydrogens is 284 g/mol. The molecular formula is C11H11BrN4O. The van der Waals surface area contributed by atoms with Gasteiger partial charge in [-0.3, -0.25) is 0 Å². The Morgan fingerprint density at radius 2 is 2.06 bits per heavy atom. The summed E-state index contributed by atoms with van der Waals surface area (Å²) in [5.74, 6) is 1.77. The van der Waals surface area contributed by atoms with Gasteiger partial charge in [-0.05, 0) is 40.2 Å². The Hall–Kier alpha value is -1.82. The number of nitrogens with zero attached hydrogens (tertiary/aromatic N) is 2. The highest BCUT2D eigenvalue weighted by Crippen LogP contribution is 2.29. The van der Waals surface area contributed by atoms with Crippen molar-refractivity contribution in [3.63, 3.8) is 0 Å². The summed E-state index contributed by atoms with van der Waals surface area (Å²) in [4.78, 5) is 0. The van der Waals surface area contributed by atoms with Gasteiger partial charge in [-0.2, -0.15) is 0 Å². The third kappa shape index (κ3) is 2.85. The van der Waals surface area contributed by atoms with Crippen LogP contribution in [0.1, 0.15) is 0 Å². The standard InChI is InChI=1S/C11H11BrN4O/c1-17-7-2-3-8(12)9(6-7)14-11-5-4-10(13)15-16-11/h2-6H,1H3,(H2,13,15)(H,14,16). The fourth-order valence-corrected chi connectivity index (χ4v) is 1.62. The van der Waals surface area contributed by atoms with Crippen LogP contribution >= 0.6 is 15.9 Å². The van der Waals surface area contributed by atoms with Gasteiger partial charge in [0.2, 0.25) is 0 Å². The van der Waals surface area contributed by atoms with Crippen LogP contribution in [-0.2, 0) is 0 Å². The molecule has 0 radical (unpaired) electrons. The number of nitrogen functional groups attached to an aromatic ring is 1. The van der Waals surface area contributed by atoms with Crippen LogP contribution in [0.2, 0.25) is 0 Å². The molecule has 1 aromatic carbocycles. The van der Waals surface area contributed by atoms with Crippen molar-refractivity contribution < 1.29 is 4.74 Å². The number of nitrogens with one attached hydrogen (secondary N) is 1. The van der Waals surface area contributed by atoms with Gasteiger partial charge in [0.25, 0.3) is 0 Å². The van der Waals surface area contributed by atoms with Crippen LogP contribution in [0.4, 0.5) is 17.3 Å². The maximum atomic E-state index is 5.46. The van der Waals surface area contributed by atoms with Gasteiger partial charge in [0.1, 0.15) is 11.6 Å². The minimum absolute atomic E-state index is 0.389. The van der Waals surface area contributed by atoms with Crippen molar-refractivity contribution in [2.45, 2.75) is 0 Å². The number of halogens is 1. The molecule has 0 spiro atoms. The third-order valence-electron chi connectivity index (χ3n) is 2.12. The monoisotopic (exact) mass is 294 g/mol. The van der Waals surface area contributed by atoms with Crippen molar-refractivity contribution >= 4 is 33.3 Å². The first kappa shape index (κ1) is 11.7. The Balaban J connectivity index is 2.25. The summed E-state index contributed by atoms with van der Waals surface area (Å²) in [5.41, 5.74) is 6.32. The van der Waals surface area contributed by atoms with E-state index in [-0.39, 0.29) is 0 Å². The number of nitrogens with two attached hydrogens (primary N) is 1. The largest absolute Gasteiger partial charge is 0.497 e. The molecule has 0 fully saturated rings. The second-order valence-corrected chi connectivity index (χ2v) is 4.17. The number of hydrogen-bond acceptors (Lipinski definition) is 5. The maximum Gasteiger partial charge on any atom is 0.153 e. The zero-order valence-corrected chi connectivity index (χ0v) is 10.7. The Kier molecular flexibility index (Phi) is 3.43. The predicted octanol–water partition coefficient (Wildman–Crippen LogP) is 2.57. The fourth-order valence-electron chi connectivity index (χ4n) is 1.27. The highest BCUT2D eigenvalue weighted by molar-refractivity contribution is 9.10. The third-order valence-corrected chi connectivity index (χ3v) is 2.81. The lowest BCUT2D eigenvalue weighted by Gasteiger charge is -2.09. The molecule has 0 aliphatic rings. The number of anilines is 3. The molecule has 0 aliphatic heterocycles. The van der Waals surface area contributed by atoms with E-state index in [1.165, 1.54) is 0 Å². The lowest BCUT2D eigenvalue weighted by atomic mass is 10.3. The minimum atomic E-state index is 0.389. The predicted molar refractivity (Wildman–Crippen MR) is 70.4 cm³/mol. The summed E-state index contributed by atoms with van der Waals surface area (Å²) in [6.45, 7) is 0. The van der Waals surface area contributed by atoms with Crippen molar-refractivity contribution in [2.75, 3.05) is 18.2 Å². The lowest BCUT2D eigenvalue weighted by molar-refractivity contribution is 0.415. The molecule has 88 valence electrons. The van der Waals surface area contributed by atoms with Gasteiger partial charge in [0.15, 0.2) is 5.82 Å². The first-order valence-electron chi connectivity index (χ1n) is 4.89. The number of aromatic nitrogens is 2. The average molecular weight is 295 g/mol. The molecule has 3 N–H and O–H groups in total. The number of benzene rings is 1. The van der Waals surface area contributed by atoms with Crippen LogP contribution in [0.15, 0.2) is 34.8 Å². The van der Waals surface area contributed by atoms with Crippen LogP contribution in [0.3, 0.4) is 0 Å². The van der Waals surface area contributed by atoms with E-state index in [4.69, 9.17) is 10.5 Å². The van der Waals surface area contributed by atoms with E-state index in [2.05, 4.69) is 31.4 Å². The molecule has 0 saturated heterocycles. The topological polar surface area (TPSA) is 73.1 Å². The smallest absolute Gasteiger partial charge is 0.153 e. The van der Waals surface area contributed by atoms with Crippen LogP contribution in [0.5, 0.6) is 5.75 Å². The number of ether oxygens (including phenoxy) is 1. The molecule has 17 heavy (non-hydrogen) atoms. The minimum Gasteiger partial charge on any atom is -0.497 e. The lowest BCUT2D eigenvalue weighted by Crippen LogP contribution is -1.98. The van der Waals surface area contributed by atoms with Crippen molar-refractivity contribution in [1.82, 2.24) is 10.2 Å². The van der Waals surface area contributed by atoms with Crippen LogP contribution in [-0.4, -0.2) is 17.3 Å². The maximum absolute atomic E-state index is 5.46. The van der Waals surface area contributed by atoms with Gasteiger partial charge < -0.3 is 15.8 Å². The second kappa shape index (κ2) is 5.01. The molecule has 2 rings (SSSR count). The van der Waals surface area contributed by atoms with Gasteiger partial charge in [-0.15, -0.1) is 10.2 Å². The van der Waals surface area contributed by atoms with Gasteiger partial charge in [-0.1, -0.05) is 0 Å². The molecule has 6 heteroatoms. The molecule has 0 saturated carbocycles. The molecule has 1 aromatic heterocycles. The summed E-state index contributed by atoms with van der Waals surface area (Å²) in [6, 6.07) is 9.07. The van der Waals surface area contributed by atoms with Crippen molar-refractivity contribution in [1.29, 1.82) is 0 Å². The fraction of sp³-hybridized carbons (Fsp3) is 0.0909. The quantitative estimate of drug-likeness (QED) is 0.910. The Labute approximate surface area is 107 Å². The summed E-state index contributed by atoms with van der Waals surface area (Å²) >= 11 is 3.44. The first-order valence-corrected chi connectivity index (χ1v) is 5.68.